The molecule has 21 heavy (non-hydrogen) atoms. The molecule has 0 unspecified atom stereocenters. The van der Waals surface area contributed by atoms with E-state index in [0.717, 1.165) is 0 Å². The van der Waals surface area contributed by atoms with Crippen molar-refractivity contribution >= 4 is 0 Å². The highest BCUT2D eigenvalue weighted by molar-refractivity contribution is 5.49. The van der Waals surface area contributed by atoms with Gasteiger partial charge in [0.2, 0.25) is 17.6 Å². The first-order valence-corrected chi connectivity index (χ1v) is 6.06. The van der Waals surface area contributed by atoms with Crippen molar-refractivity contribution in [1.29, 1.82) is 0 Å². The predicted octanol–water partition coefficient (Wildman–Crippen LogP) is -0.366. The molecule has 0 amide bonds. The fourth-order valence-corrected chi connectivity index (χ4v) is 1.64. The number of nitrogens with two attached hydrogens (primary N) is 1. The first kappa shape index (κ1) is 13.1. The maximum Gasteiger partial charge on any atom is 0.248 e. The number of hydrogen-bond donors (Lipinski definition) is 1. The summed E-state index contributed by atoms with van der Waals surface area (Å²) in [6, 6.07) is 1.62. The highest BCUT2D eigenvalue weighted by Gasteiger charge is 2.12. The van der Waals surface area contributed by atoms with Gasteiger partial charge in [-0.1, -0.05) is 10.4 Å². The lowest BCUT2D eigenvalue weighted by molar-refractivity contribution is 0.364. The van der Waals surface area contributed by atoms with Crippen molar-refractivity contribution in [1.82, 2.24) is 35.1 Å². The van der Waals surface area contributed by atoms with Gasteiger partial charge in [0, 0.05) is 12.6 Å². The van der Waals surface area contributed by atoms with Crippen LogP contribution in [0.4, 0.5) is 0 Å². The molecule has 0 aliphatic rings. The van der Waals surface area contributed by atoms with Crippen LogP contribution >= 0.6 is 0 Å². The Morgan fingerprint density at radius 2 is 2.29 bits per heavy atom. The van der Waals surface area contributed by atoms with Crippen molar-refractivity contribution in [2.24, 2.45) is 5.73 Å². The summed E-state index contributed by atoms with van der Waals surface area (Å²) >= 11 is 0. The first-order valence-electron chi connectivity index (χ1n) is 6.06. The fourth-order valence-electron chi connectivity index (χ4n) is 1.64. The zero-order valence-corrected chi connectivity index (χ0v) is 11.2. The van der Waals surface area contributed by atoms with Crippen LogP contribution in [0.2, 0.25) is 0 Å². The predicted molar refractivity (Wildman–Crippen MR) is 68.9 cm³/mol. The summed E-state index contributed by atoms with van der Waals surface area (Å²) in [7, 11) is 1.52. The first-order chi connectivity index (χ1) is 10.3. The van der Waals surface area contributed by atoms with Crippen LogP contribution in [0.5, 0.6) is 5.88 Å². The van der Waals surface area contributed by atoms with Gasteiger partial charge in [-0.2, -0.15) is 4.98 Å². The van der Waals surface area contributed by atoms with Crippen LogP contribution < -0.4 is 10.5 Å². The van der Waals surface area contributed by atoms with Crippen LogP contribution in [0.25, 0.3) is 11.5 Å². The third-order valence-electron chi connectivity index (χ3n) is 2.64. The minimum Gasteiger partial charge on any atom is -0.481 e. The third-order valence-corrected chi connectivity index (χ3v) is 2.64. The Hall–Kier alpha value is -2.88. The summed E-state index contributed by atoms with van der Waals surface area (Å²) < 4.78 is 11.7. The quantitative estimate of drug-likeness (QED) is 0.668. The molecule has 10 heteroatoms. The van der Waals surface area contributed by atoms with Gasteiger partial charge in [0.15, 0.2) is 0 Å². The number of nitrogens with zero attached hydrogens (tertiary/aromatic N) is 7. The molecule has 108 valence electrons. The lowest BCUT2D eigenvalue weighted by Crippen LogP contribution is -2.01. The average Bonchev–Trinajstić information content (AvgIpc) is 3.17. The highest BCUT2D eigenvalue weighted by Crippen LogP contribution is 2.16. The molecule has 10 nitrogen and oxygen atoms in total. The van der Waals surface area contributed by atoms with E-state index in [4.69, 9.17) is 15.0 Å². The normalized spacial score (nSPS) is 10.8. The second kappa shape index (κ2) is 5.63. The molecule has 0 bridgehead atoms. The molecule has 0 atom stereocenters. The second-order valence-corrected chi connectivity index (χ2v) is 4.07. The van der Waals surface area contributed by atoms with E-state index in [0.29, 0.717) is 42.1 Å². The Kier molecular flexibility index (Phi) is 3.51. The van der Waals surface area contributed by atoms with Crippen molar-refractivity contribution in [3.8, 4) is 17.4 Å². The molecule has 0 aliphatic carbocycles. The van der Waals surface area contributed by atoms with E-state index in [2.05, 4.69) is 30.4 Å². The SMILES string of the molecule is COc1cc(-c2noc(Cn3cc(CN)nn3)n2)ncn1. The van der Waals surface area contributed by atoms with Gasteiger partial charge >= 0.3 is 0 Å². The molecule has 3 aromatic heterocycles. The zero-order chi connectivity index (χ0) is 14.7. The smallest absolute Gasteiger partial charge is 0.248 e. The molecular formula is C11H12N8O2. The van der Waals surface area contributed by atoms with E-state index in [1.165, 1.54) is 13.4 Å². The Morgan fingerprint density at radius 3 is 3.05 bits per heavy atom. The molecule has 0 fully saturated rings. The summed E-state index contributed by atoms with van der Waals surface area (Å²) in [6.45, 7) is 0.637. The van der Waals surface area contributed by atoms with Gasteiger partial charge < -0.3 is 15.0 Å². The molecular weight excluding hydrogens is 276 g/mol. The van der Waals surface area contributed by atoms with E-state index in [1.54, 1.807) is 16.9 Å². The van der Waals surface area contributed by atoms with Crippen LogP contribution in [-0.2, 0) is 13.1 Å². The fraction of sp³-hybridized carbons (Fsp3) is 0.273. The lowest BCUT2D eigenvalue weighted by atomic mass is 10.4. The van der Waals surface area contributed by atoms with Gasteiger partial charge in [0.25, 0.3) is 0 Å². The second-order valence-electron chi connectivity index (χ2n) is 4.07. The van der Waals surface area contributed by atoms with E-state index in [9.17, 15) is 0 Å². The van der Waals surface area contributed by atoms with Crippen LogP contribution in [0.15, 0.2) is 23.1 Å². The molecule has 0 aromatic carbocycles. The zero-order valence-electron chi connectivity index (χ0n) is 11.2. The van der Waals surface area contributed by atoms with Gasteiger partial charge in [0.1, 0.15) is 18.6 Å². The van der Waals surface area contributed by atoms with Crippen molar-refractivity contribution in [3.05, 3.63) is 30.2 Å². The molecule has 0 spiro atoms. The maximum atomic E-state index is 5.47. The monoisotopic (exact) mass is 288 g/mol. The molecule has 3 rings (SSSR count). The van der Waals surface area contributed by atoms with Crippen molar-refractivity contribution in [2.75, 3.05) is 7.11 Å². The van der Waals surface area contributed by atoms with Gasteiger partial charge in [-0.05, 0) is 0 Å². The standard InChI is InChI=1S/C11H12N8O2/c1-20-9-2-8(13-6-14-9)11-15-10(21-17-11)5-19-4-7(3-12)16-18-19/h2,4,6H,3,5,12H2,1H3. The molecule has 0 saturated carbocycles. The number of hydrogen-bond acceptors (Lipinski definition) is 9. The highest BCUT2D eigenvalue weighted by atomic mass is 16.5. The lowest BCUT2D eigenvalue weighted by Gasteiger charge is -1.97. The van der Waals surface area contributed by atoms with E-state index in [-0.39, 0.29) is 0 Å². The molecule has 0 radical (unpaired) electrons. The van der Waals surface area contributed by atoms with Gasteiger partial charge in [-0.15, -0.1) is 5.10 Å². The molecule has 3 aromatic rings. The molecule has 0 aliphatic heterocycles. The minimum atomic E-state index is 0.308. The van der Waals surface area contributed by atoms with Gasteiger partial charge in [-0.25, -0.2) is 14.6 Å². The van der Waals surface area contributed by atoms with Gasteiger partial charge in [-0.3, -0.25) is 0 Å². The van der Waals surface area contributed by atoms with Crippen molar-refractivity contribution in [2.45, 2.75) is 13.1 Å². The summed E-state index contributed by atoms with van der Waals surface area (Å²) in [5.74, 6) is 1.16. The Labute approximate surface area is 119 Å². The number of aromatic nitrogens is 7. The number of rotatable bonds is 5. The van der Waals surface area contributed by atoms with Gasteiger partial charge in [0.05, 0.1) is 19.0 Å². The van der Waals surface area contributed by atoms with Crippen LogP contribution in [-0.4, -0.2) is 42.2 Å². The Balaban J connectivity index is 1.79. The van der Waals surface area contributed by atoms with E-state index < -0.39 is 0 Å². The van der Waals surface area contributed by atoms with Crippen LogP contribution in [0.3, 0.4) is 0 Å². The summed E-state index contributed by atoms with van der Waals surface area (Å²) in [5.41, 5.74) is 6.67. The molecule has 2 N–H and O–H groups in total. The Bertz CT molecular complexity index is 737. The van der Waals surface area contributed by atoms with E-state index in [1.807, 2.05) is 0 Å². The van der Waals surface area contributed by atoms with E-state index >= 15 is 0 Å². The van der Waals surface area contributed by atoms with Crippen LogP contribution in [0, 0.1) is 0 Å². The topological polar surface area (TPSA) is 131 Å². The summed E-state index contributed by atoms with van der Waals surface area (Å²) in [4.78, 5) is 12.2. The van der Waals surface area contributed by atoms with Crippen molar-refractivity contribution in [3.63, 3.8) is 0 Å². The maximum absolute atomic E-state index is 5.47. The summed E-state index contributed by atoms with van der Waals surface area (Å²) in [5, 5.41) is 11.7. The molecule has 3 heterocycles. The minimum absolute atomic E-state index is 0.308. The van der Waals surface area contributed by atoms with Crippen LogP contribution in [0.1, 0.15) is 11.6 Å². The number of methoxy groups -OCH3 is 1. The Morgan fingerprint density at radius 1 is 1.38 bits per heavy atom. The number of ether oxygens (including phenoxy) is 1. The molecule has 0 saturated heterocycles. The van der Waals surface area contributed by atoms with Crippen molar-refractivity contribution < 1.29 is 9.26 Å². The summed E-state index contributed by atoms with van der Waals surface area (Å²) in [6.07, 6.45) is 3.09. The third kappa shape index (κ3) is 2.84. The largest absolute Gasteiger partial charge is 0.481 e. The average molecular weight is 288 g/mol.